The molecule has 6 heteroatoms. The molecule has 0 aliphatic heterocycles. The summed E-state index contributed by atoms with van der Waals surface area (Å²) in [4.78, 5) is 30.2. The van der Waals surface area contributed by atoms with Gasteiger partial charge in [-0.15, -0.1) is 0 Å². The van der Waals surface area contributed by atoms with Crippen molar-refractivity contribution in [3.05, 3.63) is 47.5 Å². The number of amides is 1. The summed E-state index contributed by atoms with van der Waals surface area (Å²) < 4.78 is 0. The van der Waals surface area contributed by atoms with Crippen molar-refractivity contribution in [3.63, 3.8) is 0 Å². The van der Waals surface area contributed by atoms with Crippen LogP contribution in [0, 0.1) is 5.92 Å². The first-order chi connectivity index (χ1) is 13.1. The van der Waals surface area contributed by atoms with Crippen LogP contribution in [-0.2, 0) is 24.1 Å². The highest BCUT2D eigenvalue weighted by molar-refractivity contribution is 5.79. The van der Waals surface area contributed by atoms with Gasteiger partial charge < -0.3 is 9.80 Å². The van der Waals surface area contributed by atoms with Crippen LogP contribution in [0.2, 0.25) is 0 Å². The maximum atomic E-state index is 12.9. The third-order valence-electron chi connectivity index (χ3n) is 5.39. The van der Waals surface area contributed by atoms with Crippen LogP contribution in [0.5, 0.6) is 0 Å². The number of aromatic nitrogens is 3. The molecular weight excluding hydrogens is 338 g/mol. The standard InChI is InChI=1S/C21H29N5O/c1-4-26(5-2)21-23-15-18-14-17(6-7-19(18)24-21)20(27)25(3)13-10-16-8-11-22-12-9-16/h8-9,11-12,15,17H,4-7,10,13-14H2,1-3H3. The lowest BCUT2D eigenvalue weighted by Gasteiger charge is -2.28. The minimum atomic E-state index is 0.0304. The molecule has 1 aliphatic carbocycles. The highest BCUT2D eigenvalue weighted by Gasteiger charge is 2.28. The lowest BCUT2D eigenvalue weighted by Crippen LogP contribution is -2.37. The average Bonchev–Trinajstić information content (AvgIpc) is 2.72. The van der Waals surface area contributed by atoms with Gasteiger partial charge in [0.05, 0.1) is 0 Å². The molecule has 0 aromatic carbocycles. The number of carbonyl (C=O) groups excluding carboxylic acids is 1. The number of nitrogens with zero attached hydrogens (tertiary/aromatic N) is 5. The molecule has 2 aromatic heterocycles. The molecule has 27 heavy (non-hydrogen) atoms. The zero-order valence-corrected chi connectivity index (χ0v) is 16.6. The third-order valence-corrected chi connectivity index (χ3v) is 5.39. The van der Waals surface area contributed by atoms with Crippen molar-refractivity contribution in [1.82, 2.24) is 19.9 Å². The fraction of sp³-hybridized carbons (Fsp3) is 0.524. The summed E-state index contributed by atoms with van der Waals surface area (Å²) >= 11 is 0. The predicted octanol–water partition coefficient (Wildman–Crippen LogP) is 2.52. The summed E-state index contributed by atoms with van der Waals surface area (Å²) in [6.45, 7) is 6.76. The Hall–Kier alpha value is -2.50. The van der Waals surface area contributed by atoms with Gasteiger partial charge >= 0.3 is 0 Å². The van der Waals surface area contributed by atoms with Crippen LogP contribution < -0.4 is 4.90 Å². The Balaban J connectivity index is 1.60. The highest BCUT2D eigenvalue weighted by Crippen LogP contribution is 2.26. The molecule has 2 heterocycles. The van der Waals surface area contributed by atoms with E-state index >= 15 is 0 Å². The SMILES string of the molecule is CCN(CC)c1ncc2c(n1)CCC(C(=O)N(C)CCc1ccncc1)C2. The summed E-state index contributed by atoms with van der Waals surface area (Å²) in [5, 5.41) is 0. The smallest absolute Gasteiger partial charge is 0.225 e. The van der Waals surface area contributed by atoms with Crippen molar-refractivity contribution in [2.75, 3.05) is 31.6 Å². The second-order valence-electron chi connectivity index (χ2n) is 7.12. The van der Waals surface area contributed by atoms with Crippen LogP contribution in [0.15, 0.2) is 30.7 Å². The number of anilines is 1. The van der Waals surface area contributed by atoms with Crippen molar-refractivity contribution in [2.45, 2.75) is 39.5 Å². The number of rotatable bonds is 7. The van der Waals surface area contributed by atoms with Crippen molar-refractivity contribution in [3.8, 4) is 0 Å². The number of fused-ring (bicyclic) bond motifs is 1. The Bertz CT molecular complexity index is 760. The molecule has 1 amide bonds. The van der Waals surface area contributed by atoms with Crippen molar-refractivity contribution < 1.29 is 4.79 Å². The molecule has 0 fully saturated rings. The average molecular weight is 367 g/mol. The fourth-order valence-corrected chi connectivity index (χ4v) is 3.63. The molecule has 0 spiro atoms. The van der Waals surface area contributed by atoms with E-state index in [0.29, 0.717) is 0 Å². The van der Waals surface area contributed by atoms with Gasteiger partial charge in [0, 0.05) is 56.9 Å². The predicted molar refractivity (Wildman–Crippen MR) is 107 cm³/mol. The quantitative estimate of drug-likeness (QED) is 0.752. The van der Waals surface area contributed by atoms with Gasteiger partial charge in [-0.2, -0.15) is 0 Å². The molecule has 6 nitrogen and oxygen atoms in total. The first-order valence-corrected chi connectivity index (χ1v) is 9.86. The van der Waals surface area contributed by atoms with Crippen LogP contribution in [0.25, 0.3) is 0 Å². The van der Waals surface area contributed by atoms with E-state index in [9.17, 15) is 4.79 Å². The second kappa shape index (κ2) is 8.93. The maximum Gasteiger partial charge on any atom is 0.225 e. The highest BCUT2D eigenvalue weighted by atomic mass is 16.2. The maximum absolute atomic E-state index is 12.9. The Morgan fingerprint density at radius 2 is 1.96 bits per heavy atom. The minimum Gasteiger partial charge on any atom is -0.345 e. The largest absolute Gasteiger partial charge is 0.345 e. The zero-order valence-electron chi connectivity index (χ0n) is 16.6. The molecule has 1 atom stereocenters. The van der Waals surface area contributed by atoms with E-state index in [2.05, 4.69) is 28.7 Å². The summed E-state index contributed by atoms with van der Waals surface area (Å²) in [6.07, 6.45) is 8.81. The fourth-order valence-electron chi connectivity index (χ4n) is 3.63. The number of pyridine rings is 1. The Morgan fingerprint density at radius 3 is 2.67 bits per heavy atom. The normalized spacial score (nSPS) is 15.9. The summed E-state index contributed by atoms with van der Waals surface area (Å²) in [5.74, 6) is 1.06. The summed E-state index contributed by atoms with van der Waals surface area (Å²) in [5.41, 5.74) is 3.43. The number of hydrogen-bond donors (Lipinski definition) is 0. The lowest BCUT2D eigenvalue weighted by atomic mass is 9.86. The van der Waals surface area contributed by atoms with Crippen LogP contribution in [0.1, 0.15) is 37.1 Å². The zero-order chi connectivity index (χ0) is 19.2. The van der Waals surface area contributed by atoms with E-state index in [-0.39, 0.29) is 11.8 Å². The molecule has 1 unspecified atom stereocenters. The van der Waals surface area contributed by atoms with E-state index in [4.69, 9.17) is 4.98 Å². The van der Waals surface area contributed by atoms with E-state index in [1.807, 2.05) is 30.3 Å². The van der Waals surface area contributed by atoms with Crippen molar-refractivity contribution in [2.24, 2.45) is 5.92 Å². The van der Waals surface area contributed by atoms with Crippen LogP contribution in [-0.4, -0.2) is 52.4 Å². The number of likely N-dealkylation sites (N-methyl/N-ethyl adjacent to an activating group) is 1. The van der Waals surface area contributed by atoms with Gasteiger partial charge in [0.2, 0.25) is 11.9 Å². The molecule has 3 rings (SSSR count). The molecule has 0 saturated heterocycles. The second-order valence-corrected chi connectivity index (χ2v) is 7.12. The molecular formula is C21H29N5O. The van der Waals surface area contributed by atoms with Gasteiger partial charge in [0.25, 0.3) is 0 Å². The van der Waals surface area contributed by atoms with Crippen molar-refractivity contribution in [1.29, 1.82) is 0 Å². The minimum absolute atomic E-state index is 0.0304. The van der Waals surface area contributed by atoms with Crippen LogP contribution in [0.4, 0.5) is 5.95 Å². The molecule has 0 N–H and O–H groups in total. The number of hydrogen-bond acceptors (Lipinski definition) is 5. The molecule has 0 saturated carbocycles. The molecule has 0 radical (unpaired) electrons. The Labute approximate surface area is 161 Å². The van der Waals surface area contributed by atoms with Gasteiger partial charge in [-0.25, -0.2) is 9.97 Å². The first-order valence-electron chi connectivity index (χ1n) is 9.86. The lowest BCUT2D eigenvalue weighted by molar-refractivity contribution is -0.134. The summed E-state index contributed by atoms with van der Waals surface area (Å²) in [7, 11) is 1.90. The van der Waals surface area contributed by atoms with Gasteiger partial charge in [0.1, 0.15) is 0 Å². The van der Waals surface area contributed by atoms with Crippen LogP contribution >= 0.6 is 0 Å². The van der Waals surface area contributed by atoms with E-state index in [1.165, 1.54) is 5.56 Å². The molecule has 2 aromatic rings. The van der Waals surface area contributed by atoms with Gasteiger partial charge in [-0.05, 0) is 62.8 Å². The third kappa shape index (κ3) is 4.62. The van der Waals surface area contributed by atoms with Crippen molar-refractivity contribution >= 4 is 11.9 Å². The monoisotopic (exact) mass is 367 g/mol. The molecule has 144 valence electrons. The number of aryl methyl sites for hydroxylation is 1. The molecule has 0 bridgehead atoms. The topological polar surface area (TPSA) is 62.2 Å². The Kier molecular flexibility index (Phi) is 6.37. The van der Waals surface area contributed by atoms with E-state index < -0.39 is 0 Å². The van der Waals surface area contributed by atoms with Crippen LogP contribution in [0.3, 0.4) is 0 Å². The summed E-state index contributed by atoms with van der Waals surface area (Å²) in [6, 6.07) is 4.00. The number of carbonyl (C=O) groups is 1. The Morgan fingerprint density at radius 1 is 1.22 bits per heavy atom. The van der Waals surface area contributed by atoms with E-state index in [1.54, 1.807) is 12.4 Å². The van der Waals surface area contributed by atoms with Gasteiger partial charge in [-0.3, -0.25) is 9.78 Å². The first kappa shape index (κ1) is 19.3. The molecule has 1 aliphatic rings. The van der Waals surface area contributed by atoms with E-state index in [0.717, 1.165) is 62.5 Å². The van der Waals surface area contributed by atoms with Gasteiger partial charge in [-0.1, -0.05) is 0 Å². The van der Waals surface area contributed by atoms with Gasteiger partial charge in [0.15, 0.2) is 0 Å².